The number of piperidine rings is 1. The van der Waals surface area contributed by atoms with Gasteiger partial charge in [-0.1, -0.05) is 25.6 Å². The number of aromatic nitrogens is 2. The molecule has 1 fully saturated rings. The van der Waals surface area contributed by atoms with Crippen molar-refractivity contribution in [2.75, 3.05) is 13.1 Å². The largest absolute Gasteiger partial charge is 0.341 e. The molecule has 0 aliphatic carbocycles. The van der Waals surface area contributed by atoms with E-state index in [2.05, 4.69) is 37.7 Å². The average Bonchev–Trinajstić information content (AvgIpc) is 2.81. The van der Waals surface area contributed by atoms with Crippen molar-refractivity contribution in [3.63, 3.8) is 0 Å². The molecule has 6 heteroatoms. The monoisotopic (exact) mass is 363 g/mol. The fourth-order valence-electron chi connectivity index (χ4n) is 3.56. The van der Waals surface area contributed by atoms with Crippen LogP contribution < -0.4 is 0 Å². The predicted octanol–water partition coefficient (Wildman–Crippen LogP) is 4.29. The highest BCUT2D eigenvalue weighted by Gasteiger charge is 2.29. The minimum Gasteiger partial charge on any atom is -0.341 e. The number of hydrogen-bond acceptors (Lipinski definition) is 5. The lowest BCUT2D eigenvalue weighted by Crippen LogP contribution is -2.45. The van der Waals surface area contributed by atoms with Crippen LogP contribution in [0.3, 0.4) is 0 Å². The van der Waals surface area contributed by atoms with Gasteiger partial charge in [0.1, 0.15) is 16.2 Å². The van der Waals surface area contributed by atoms with E-state index in [-0.39, 0.29) is 11.2 Å². The van der Waals surface area contributed by atoms with Crippen LogP contribution in [0.15, 0.2) is 11.4 Å². The Morgan fingerprint density at radius 3 is 2.62 bits per heavy atom. The third kappa shape index (κ3) is 3.45. The van der Waals surface area contributed by atoms with Crippen LogP contribution in [0.4, 0.5) is 0 Å². The Morgan fingerprint density at radius 1 is 1.29 bits per heavy atom. The first kappa shape index (κ1) is 17.7. The first-order valence-electron chi connectivity index (χ1n) is 8.53. The molecule has 0 radical (unpaired) electrons. The Balaban J connectivity index is 1.79. The molecule has 1 aliphatic rings. The van der Waals surface area contributed by atoms with Crippen LogP contribution in [-0.2, 0) is 4.79 Å². The second-order valence-corrected chi connectivity index (χ2v) is 9.62. The van der Waals surface area contributed by atoms with Crippen LogP contribution in [0, 0.1) is 25.7 Å². The van der Waals surface area contributed by atoms with Gasteiger partial charge in [0.25, 0.3) is 0 Å². The number of carbonyl (C=O) groups excluding carboxylic acids is 1. The van der Waals surface area contributed by atoms with E-state index < -0.39 is 0 Å². The van der Waals surface area contributed by atoms with Crippen molar-refractivity contribution in [1.29, 1.82) is 0 Å². The number of rotatable bonds is 3. The molecular weight excluding hydrogens is 338 g/mol. The highest BCUT2D eigenvalue weighted by molar-refractivity contribution is 8.00. The van der Waals surface area contributed by atoms with Crippen molar-refractivity contribution in [2.45, 2.75) is 51.3 Å². The van der Waals surface area contributed by atoms with Gasteiger partial charge in [-0.05, 0) is 44.6 Å². The van der Waals surface area contributed by atoms with Crippen LogP contribution >= 0.6 is 23.1 Å². The maximum absolute atomic E-state index is 12.9. The van der Waals surface area contributed by atoms with Gasteiger partial charge in [-0.2, -0.15) is 0 Å². The van der Waals surface area contributed by atoms with E-state index in [9.17, 15) is 4.79 Å². The summed E-state index contributed by atoms with van der Waals surface area (Å²) in [4.78, 5) is 26.1. The topological polar surface area (TPSA) is 46.1 Å². The zero-order chi connectivity index (χ0) is 17.4. The molecule has 130 valence electrons. The van der Waals surface area contributed by atoms with Gasteiger partial charge in [0.05, 0.1) is 5.25 Å². The van der Waals surface area contributed by atoms with Crippen LogP contribution in [0.2, 0.25) is 0 Å². The number of thioether (sulfide) groups is 1. The fourth-order valence-corrected chi connectivity index (χ4v) is 5.68. The minimum absolute atomic E-state index is 0.125. The van der Waals surface area contributed by atoms with E-state index in [0.717, 1.165) is 28.3 Å². The number of fused-ring (bicyclic) bond motifs is 1. The molecule has 3 unspecified atom stereocenters. The molecule has 0 bridgehead atoms. The summed E-state index contributed by atoms with van der Waals surface area (Å²) in [6, 6.07) is 0. The third-order valence-corrected chi connectivity index (χ3v) is 6.95. The van der Waals surface area contributed by atoms with Crippen molar-refractivity contribution >= 4 is 39.2 Å². The summed E-state index contributed by atoms with van der Waals surface area (Å²) < 4.78 is 0. The molecule has 24 heavy (non-hydrogen) atoms. The summed E-state index contributed by atoms with van der Waals surface area (Å²) in [5.74, 6) is 1.40. The Hall–Kier alpha value is -1.14. The van der Waals surface area contributed by atoms with E-state index in [0.29, 0.717) is 11.8 Å². The van der Waals surface area contributed by atoms with Crippen molar-refractivity contribution in [3.05, 3.63) is 16.8 Å². The SMILES string of the molecule is Cc1sc2ncnc(SC(C)C(=O)N3CC(C)CC(C)C3)c2c1C. The van der Waals surface area contributed by atoms with Gasteiger partial charge in [0, 0.05) is 23.4 Å². The van der Waals surface area contributed by atoms with Gasteiger partial charge >= 0.3 is 0 Å². The first-order valence-corrected chi connectivity index (χ1v) is 10.2. The molecular formula is C18H25N3OS2. The molecule has 3 rings (SSSR count). The molecule has 0 saturated carbocycles. The summed E-state index contributed by atoms with van der Waals surface area (Å²) in [6.45, 7) is 12.5. The Kier molecular flexibility index (Phi) is 5.16. The number of carbonyl (C=O) groups is 1. The van der Waals surface area contributed by atoms with E-state index in [1.54, 1.807) is 29.4 Å². The number of nitrogens with zero attached hydrogens (tertiary/aromatic N) is 3. The highest BCUT2D eigenvalue weighted by Crippen LogP contribution is 2.36. The highest BCUT2D eigenvalue weighted by atomic mass is 32.2. The van der Waals surface area contributed by atoms with Gasteiger partial charge in [-0.15, -0.1) is 11.3 Å². The summed E-state index contributed by atoms with van der Waals surface area (Å²) in [5.41, 5.74) is 1.23. The average molecular weight is 364 g/mol. The van der Waals surface area contributed by atoms with E-state index >= 15 is 0 Å². The van der Waals surface area contributed by atoms with Crippen molar-refractivity contribution in [3.8, 4) is 0 Å². The van der Waals surface area contributed by atoms with Gasteiger partial charge in [0.2, 0.25) is 5.91 Å². The van der Waals surface area contributed by atoms with Crippen molar-refractivity contribution in [2.24, 2.45) is 11.8 Å². The molecule has 0 N–H and O–H groups in total. The molecule has 1 saturated heterocycles. The smallest absolute Gasteiger partial charge is 0.235 e. The molecule has 1 amide bonds. The van der Waals surface area contributed by atoms with E-state index in [4.69, 9.17) is 0 Å². The molecule has 0 spiro atoms. The fraction of sp³-hybridized carbons (Fsp3) is 0.611. The minimum atomic E-state index is -0.125. The molecule has 3 atom stereocenters. The number of amides is 1. The number of thiophene rings is 1. The Labute approximate surface area is 152 Å². The van der Waals surface area contributed by atoms with Crippen LogP contribution in [0.5, 0.6) is 0 Å². The summed E-state index contributed by atoms with van der Waals surface area (Å²) in [5, 5.41) is 1.92. The predicted molar refractivity (Wildman–Crippen MR) is 102 cm³/mol. The van der Waals surface area contributed by atoms with Gasteiger partial charge in [-0.25, -0.2) is 9.97 Å². The normalized spacial score (nSPS) is 22.8. The molecule has 0 aromatic carbocycles. The quantitative estimate of drug-likeness (QED) is 0.603. The zero-order valence-electron chi connectivity index (χ0n) is 15.0. The van der Waals surface area contributed by atoms with Gasteiger partial charge in [0.15, 0.2) is 0 Å². The third-order valence-electron chi connectivity index (χ3n) is 4.75. The van der Waals surface area contributed by atoms with Crippen LogP contribution in [0.25, 0.3) is 10.2 Å². The molecule has 1 aliphatic heterocycles. The maximum atomic E-state index is 12.9. The van der Waals surface area contributed by atoms with Gasteiger partial charge < -0.3 is 4.90 Å². The second kappa shape index (κ2) is 7.00. The van der Waals surface area contributed by atoms with E-state index in [1.807, 2.05) is 11.8 Å². The maximum Gasteiger partial charge on any atom is 0.235 e. The molecule has 4 nitrogen and oxygen atoms in total. The zero-order valence-corrected chi connectivity index (χ0v) is 16.6. The summed E-state index contributed by atoms with van der Waals surface area (Å²) in [7, 11) is 0. The number of likely N-dealkylation sites (tertiary alicyclic amines) is 1. The molecule has 2 aromatic rings. The lowest BCUT2D eigenvalue weighted by atomic mass is 9.92. The summed E-state index contributed by atoms with van der Waals surface area (Å²) in [6.07, 6.45) is 2.83. The second-order valence-electron chi connectivity index (χ2n) is 7.09. The lowest BCUT2D eigenvalue weighted by molar-refractivity contribution is -0.132. The number of aryl methyl sites for hydroxylation is 2. The Morgan fingerprint density at radius 2 is 1.96 bits per heavy atom. The number of hydrogen-bond donors (Lipinski definition) is 0. The van der Waals surface area contributed by atoms with Gasteiger partial charge in [-0.3, -0.25) is 4.79 Å². The van der Waals surface area contributed by atoms with E-state index in [1.165, 1.54) is 16.9 Å². The lowest BCUT2D eigenvalue weighted by Gasteiger charge is -2.36. The van der Waals surface area contributed by atoms with Crippen LogP contribution in [0.1, 0.15) is 37.6 Å². The van der Waals surface area contributed by atoms with Crippen molar-refractivity contribution in [1.82, 2.24) is 14.9 Å². The van der Waals surface area contributed by atoms with Crippen molar-refractivity contribution < 1.29 is 4.79 Å². The summed E-state index contributed by atoms with van der Waals surface area (Å²) >= 11 is 3.27. The first-order chi connectivity index (χ1) is 11.4. The van der Waals surface area contributed by atoms with Crippen LogP contribution in [-0.4, -0.2) is 39.1 Å². The Bertz CT molecular complexity index is 748. The molecule has 3 heterocycles. The standard InChI is InChI=1S/C18H25N3OS2/c1-10-6-11(2)8-21(7-10)18(22)14(5)24-17-15-12(3)13(4)23-16(15)19-9-20-17/h9-11,14H,6-8H2,1-5H3. The molecule has 2 aromatic heterocycles.